The van der Waals surface area contributed by atoms with Gasteiger partial charge in [-0.05, 0) is 29.7 Å². The fraction of sp³-hybridized carbons (Fsp3) is 0.417. The highest BCUT2D eigenvalue weighted by atomic mass is 35.5. The maximum atomic E-state index is 11.1. The van der Waals surface area contributed by atoms with Crippen molar-refractivity contribution in [2.24, 2.45) is 0 Å². The van der Waals surface area contributed by atoms with Crippen LogP contribution < -0.4 is 0 Å². The molecule has 0 radical (unpaired) electrons. The number of rotatable bonds is 6. The van der Waals surface area contributed by atoms with E-state index in [9.17, 15) is 13.2 Å². The minimum atomic E-state index is -3.52. The molecule has 1 rings (SSSR count). The van der Waals surface area contributed by atoms with Crippen LogP contribution in [-0.2, 0) is 36.9 Å². The minimum Gasteiger partial charge on any atom is -0.469 e. The molecule has 0 aliphatic rings. The first-order valence-corrected chi connectivity index (χ1v) is 7.70. The third-order valence-corrected chi connectivity index (χ3v) is 3.20. The Kier molecular flexibility index (Phi) is 5.78. The van der Waals surface area contributed by atoms with Crippen LogP contribution in [0.25, 0.3) is 0 Å². The number of esters is 1. The summed E-state index contributed by atoms with van der Waals surface area (Å²) in [6, 6.07) is 5.05. The maximum absolute atomic E-state index is 11.1. The Bertz CT molecular complexity index is 553. The first-order valence-electron chi connectivity index (χ1n) is 5.50. The van der Waals surface area contributed by atoms with Crippen molar-refractivity contribution in [1.29, 1.82) is 0 Å². The Labute approximate surface area is 117 Å². The summed E-state index contributed by atoms with van der Waals surface area (Å²) in [5, 5.41) is 0.480. The molecule has 0 amide bonds. The standard InChI is InChI=1S/C12H15ClO5S/c1-17-12(14)6-4-9-3-5-11(13)7-10(9)8-18-19(2,15)16/h3,5,7H,4,6,8H2,1-2H3. The fourth-order valence-electron chi connectivity index (χ4n) is 1.48. The number of hydrogen-bond donors (Lipinski definition) is 0. The van der Waals surface area contributed by atoms with E-state index in [0.717, 1.165) is 11.8 Å². The second-order valence-electron chi connectivity index (χ2n) is 3.96. The van der Waals surface area contributed by atoms with Gasteiger partial charge >= 0.3 is 5.97 Å². The summed E-state index contributed by atoms with van der Waals surface area (Å²) in [6.07, 6.45) is 1.63. The van der Waals surface area contributed by atoms with Gasteiger partial charge in [-0.3, -0.25) is 8.98 Å². The third-order valence-electron chi connectivity index (χ3n) is 2.42. The number of hydrogen-bond acceptors (Lipinski definition) is 5. The van der Waals surface area contributed by atoms with Crippen molar-refractivity contribution in [3.8, 4) is 0 Å². The molecule has 0 aromatic heterocycles. The van der Waals surface area contributed by atoms with Gasteiger partial charge in [0, 0.05) is 11.4 Å². The van der Waals surface area contributed by atoms with E-state index in [1.165, 1.54) is 7.11 Å². The van der Waals surface area contributed by atoms with Crippen molar-refractivity contribution in [2.45, 2.75) is 19.4 Å². The van der Waals surface area contributed by atoms with Crippen molar-refractivity contribution in [1.82, 2.24) is 0 Å². The van der Waals surface area contributed by atoms with E-state index >= 15 is 0 Å². The van der Waals surface area contributed by atoms with Crippen LogP contribution in [0.3, 0.4) is 0 Å². The second kappa shape index (κ2) is 6.88. The minimum absolute atomic E-state index is 0.101. The molecule has 0 saturated carbocycles. The molecule has 0 fully saturated rings. The van der Waals surface area contributed by atoms with Gasteiger partial charge in [0.1, 0.15) is 0 Å². The number of halogens is 1. The molecule has 19 heavy (non-hydrogen) atoms. The summed E-state index contributed by atoms with van der Waals surface area (Å²) >= 11 is 5.86. The van der Waals surface area contributed by atoms with E-state index in [4.69, 9.17) is 15.8 Å². The van der Waals surface area contributed by atoms with Crippen LogP contribution in [0.1, 0.15) is 17.5 Å². The van der Waals surface area contributed by atoms with Crippen molar-refractivity contribution < 1.29 is 22.1 Å². The van der Waals surface area contributed by atoms with E-state index in [2.05, 4.69) is 4.74 Å². The summed E-state index contributed by atoms with van der Waals surface area (Å²) in [4.78, 5) is 11.1. The molecular formula is C12H15ClO5S. The molecule has 7 heteroatoms. The molecule has 106 valence electrons. The number of benzene rings is 1. The van der Waals surface area contributed by atoms with Gasteiger partial charge in [-0.2, -0.15) is 8.42 Å². The predicted molar refractivity (Wildman–Crippen MR) is 71.4 cm³/mol. The summed E-state index contributed by atoms with van der Waals surface area (Å²) in [7, 11) is -2.21. The lowest BCUT2D eigenvalue weighted by atomic mass is 10.0. The summed E-state index contributed by atoms with van der Waals surface area (Å²) in [5.41, 5.74) is 1.44. The Balaban J connectivity index is 2.82. The van der Waals surface area contributed by atoms with Crippen LogP contribution in [-0.4, -0.2) is 27.8 Å². The number of carbonyl (C=O) groups excluding carboxylic acids is 1. The molecule has 0 aliphatic carbocycles. The van der Waals surface area contributed by atoms with Crippen LogP contribution in [0, 0.1) is 0 Å². The van der Waals surface area contributed by atoms with Crippen molar-refractivity contribution in [3.05, 3.63) is 34.3 Å². The molecule has 1 aromatic rings. The summed E-state index contributed by atoms with van der Waals surface area (Å²) in [5.74, 6) is -0.329. The molecule has 0 saturated heterocycles. The first kappa shape index (κ1) is 15.9. The van der Waals surface area contributed by atoms with Gasteiger partial charge < -0.3 is 4.74 Å². The van der Waals surface area contributed by atoms with Crippen molar-refractivity contribution >= 4 is 27.7 Å². The van der Waals surface area contributed by atoms with Crippen LogP contribution in [0.5, 0.6) is 0 Å². The van der Waals surface area contributed by atoms with Crippen molar-refractivity contribution in [3.63, 3.8) is 0 Å². The SMILES string of the molecule is COC(=O)CCc1ccc(Cl)cc1COS(C)(=O)=O. The Morgan fingerprint density at radius 2 is 2.00 bits per heavy atom. The molecule has 0 N–H and O–H groups in total. The largest absolute Gasteiger partial charge is 0.469 e. The highest BCUT2D eigenvalue weighted by molar-refractivity contribution is 7.85. The molecule has 0 unspecified atom stereocenters. The van der Waals surface area contributed by atoms with Gasteiger partial charge in [-0.15, -0.1) is 0 Å². The number of aryl methyl sites for hydroxylation is 1. The van der Waals surface area contributed by atoms with Crippen LogP contribution >= 0.6 is 11.6 Å². The number of ether oxygens (including phenoxy) is 1. The summed E-state index contributed by atoms with van der Waals surface area (Å²) in [6.45, 7) is -0.101. The molecular weight excluding hydrogens is 292 g/mol. The quantitative estimate of drug-likeness (QED) is 0.593. The van der Waals surface area contributed by atoms with E-state index in [1.807, 2.05) is 0 Å². The molecule has 5 nitrogen and oxygen atoms in total. The summed E-state index contributed by atoms with van der Waals surface area (Å²) < 4.78 is 31.3. The molecule has 1 aromatic carbocycles. The van der Waals surface area contributed by atoms with Crippen LogP contribution in [0.2, 0.25) is 5.02 Å². The van der Waals surface area contributed by atoms with Gasteiger partial charge in [0.15, 0.2) is 0 Å². The number of carbonyl (C=O) groups is 1. The zero-order valence-corrected chi connectivity index (χ0v) is 12.3. The number of methoxy groups -OCH3 is 1. The monoisotopic (exact) mass is 306 g/mol. The average molecular weight is 307 g/mol. The molecule has 0 spiro atoms. The lowest BCUT2D eigenvalue weighted by Gasteiger charge is -2.09. The molecule has 0 heterocycles. The molecule has 0 bridgehead atoms. The van der Waals surface area contributed by atoms with E-state index < -0.39 is 10.1 Å². The van der Waals surface area contributed by atoms with Gasteiger partial charge in [-0.1, -0.05) is 17.7 Å². The highest BCUT2D eigenvalue weighted by Crippen LogP contribution is 2.19. The first-order chi connectivity index (χ1) is 8.81. The van der Waals surface area contributed by atoms with Gasteiger partial charge in [-0.25, -0.2) is 0 Å². The van der Waals surface area contributed by atoms with Crippen molar-refractivity contribution in [2.75, 3.05) is 13.4 Å². The normalized spacial score (nSPS) is 11.3. The van der Waals surface area contributed by atoms with E-state index in [1.54, 1.807) is 18.2 Å². The smallest absolute Gasteiger partial charge is 0.305 e. The molecule has 0 atom stereocenters. The van der Waals surface area contributed by atoms with Gasteiger partial charge in [0.2, 0.25) is 0 Å². The van der Waals surface area contributed by atoms with Crippen LogP contribution in [0.4, 0.5) is 0 Å². The zero-order valence-electron chi connectivity index (χ0n) is 10.7. The Morgan fingerprint density at radius 1 is 1.32 bits per heavy atom. The fourth-order valence-corrected chi connectivity index (χ4v) is 2.02. The zero-order chi connectivity index (χ0) is 14.5. The molecule has 0 aliphatic heterocycles. The maximum Gasteiger partial charge on any atom is 0.305 e. The Morgan fingerprint density at radius 3 is 2.58 bits per heavy atom. The van der Waals surface area contributed by atoms with Gasteiger partial charge in [0.05, 0.1) is 20.0 Å². The Hall–Kier alpha value is -1.11. The third kappa shape index (κ3) is 6.04. The van der Waals surface area contributed by atoms with Crippen LogP contribution in [0.15, 0.2) is 18.2 Å². The lowest BCUT2D eigenvalue weighted by molar-refractivity contribution is -0.140. The lowest BCUT2D eigenvalue weighted by Crippen LogP contribution is -2.07. The highest BCUT2D eigenvalue weighted by Gasteiger charge is 2.10. The van der Waals surface area contributed by atoms with E-state index in [-0.39, 0.29) is 19.0 Å². The predicted octanol–water partition coefficient (Wildman–Crippen LogP) is 1.92. The average Bonchev–Trinajstić information content (AvgIpc) is 2.33. The van der Waals surface area contributed by atoms with E-state index in [0.29, 0.717) is 17.0 Å². The second-order valence-corrected chi connectivity index (χ2v) is 6.04. The van der Waals surface area contributed by atoms with Gasteiger partial charge in [0.25, 0.3) is 10.1 Å². The topological polar surface area (TPSA) is 69.7 Å².